The fourth-order valence-corrected chi connectivity index (χ4v) is 4.36. The van der Waals surface area contributed by atoms with Crippen LogP contribution in [0.1, 0.15) is 23.6 Å². The van der Waals surface area contributed by atoms with Crippen molar-refractivity contribution in [1.29, 1.82) is 0 Å². The topological polar surface area (TPSA) is 60.0 Å². The van der Waals surface area contributed by atoms with Gasteiger partial charge in [0.25, 0.3) is 0 Å². The SMILES string of the molecule is O[C@@H](CN[C@H]1CCSc2ccc(F)cc21)COCc1ccc2c(c1)OCO2. The number of hydrogen-bond acceptors (Lipinski definition) is 6. The third-order valence-corrected chi connectivity index (χ3v) is 5.75. The molecule has 2 heterocycles. The van der Waals surface area contributed by atoms with E-state index in [1.54, 1.807) is 17.8 Å². The van der Waals surface area contributed by atoms with E-state index in [0.29, 0.717) is 13.2 Å². The molecule has 0 unspecified atom stereocenters. The minimum Gasteiger partial charge on any atom is -0.454 e. The van der Waals surface area contributed by atoms with Crippen molar-refractivity contribution in [3.8, 4) is 11.5 Å². The van der Waals surface area contributed by atoms with E-state index in [1.807, 2.05) is 24.3 Å². The predicted molar refractivity (Wildman–Crippen MR) is 101 cm³/mol. The van der Waals surface area contributed by atoms with Gasteiger partial charge in [-0.3, -0.25) is 0 Å². The van der Waals surface area contributed by atoms with Crippen LogP contribution in [-0.2, 0) is 11.3 Å². The van der Waals surface area contributed by atoms with Gasteiger partial charge in [-0.15, -0.1) is 11.8 Å². The average Bonchev–Trinajstić information content (AvgIpc) is 3.14. The second kappa shape index (κ2) is 8.48. The van der Waals surface area contributed by atoms with Gasteiger partial charge >= 0.3 is 0 Å². The predicted octanol–water partition coefficient (Wildman–Crippen LogP) is 3.26. The first-order valence-electron chi connectivity index (χ1n) is 8.99. The summed E-state index contributed by atoms with van der Waals surface area (Å²) in [6.07, 6.45) is 0.275. The lowest BCUT2D eigenvalue weighted by molar-refractivity contribution is 0.0274. The number of aliphatic hydroxyl groups excluding tert-OH is 1. The third-order valence-electron chi connectivity index (χ3n) is 4.63. The Labute approximate surface area is 161 Å². The Morgan fingerprint density at radius 3 is 3.04 bits per heavy atom. The Morgan fingerprint density at radius 1 is 1.22 bits per heavy atom. The number of benzene rings is 2. The van der Waals surface area contributed by atoms with Crippen LogP contribution in [0, 0.1) is 5.82 Å². The molecule has 144 valence electrons. The molecular formula is C20H22FNO4S. The summed E-state index contributed by atoms with van der Waals surface area (Å²) in [7, 11) is 0. The van der Waals surface area contributed by atoms with Gasteiger partial charge in [-0.1, -0.05) is 6.07 Å². The Bertz CT molecular complexity index is 804. The molecule has 4 rings (SSSR count). The molecule has 7 heteroatoms. The second-order valence-electron chi connectivity index (χ2n) is 6.64. The summed E-state index contributed by atoms with van der Waals surface area (Å²) in [5.41, 5.74) is 1.94. The molecule has 2 aliphatic rings. The number of ether oxygens (including phenoxy) is 3. The van der Waals surface area contributed by atoms with Crippen molar-refractivity contribution < 1.29 is 23.7 Å². The number of aliphatic hydroxyl groups is 1. The average molecular weight is 391 g/mol. The van der Waals surface area contributed by atoms with Crippen LogP contribution in [0.3, 0.4) is 0 Å². The van der Waals surface area contributed by atoms with E-state index >= 15 is 0 Å². The summed E-state index contributed by atoms with van der Waals surface area (Å²) < 4.78 is 29.8. The van der Waals surface area contributed by atoms with Crippen LogP contribution >= 0.6 is 11.8 Å². The molecule has 27 heavy (non-hydrogen) atoms. The maximum atomic E-state index is 13.6. The number of halogens is 1. The molecule has 0 bridgehead atoms. The van der Waals surface area contributed by atoms with Crippen LogP contribution in [0.2, 0.25) is 0 Å². The zero-order chi connectivity index (χ0) is 18.6. The quantitative estimate of drug-likeness (QED) is 0.756. The monoisotopic (exact) mass is 391 g/mol. The van der Waals surface area contributed by atoms with E-state index in [9.17, 15) is 9.50 Å². The Balaban J connectivity index is 1.24. The minimum absolute atomic E-state index is 0.0560. The van der Waals surface area contributed by atoms with E-state index in [0.717, 1.165) is 39.7 Å². The van der Waals surface area contributed by atoms with Gasteiger partial charge in [0.05, 0.1) is 19.3 Å². The number of rotatable bonds is 7. The molecule has 0 radical (unpaired) electrons. The number of thioether (sulfide) groups is 1. The standard InChI is InChI=1S/C20H22FNO4S/c21-14-2-4-20-16(8-14)17(5-6-27-20)22-9-15(23)11-24-10-13-1-3-18-19(7-13)26-12-25-18/h1-4,7-8,15,17,22-23H,5-6,9-12H2/t15-,17-/m0/s1. The van der Waals surface area contributed by atoms with Crippen molar-refractivity contribution in [2.24, 2.45) is 0 Å². The van der Waals surface area contributed by atoms with Gasteiger partial charge in [0, 0.05) is 17.5 Å². The molecule has 0 aromatic heterocycles. The molecule has 2 atom stereocenters. The van der Waals surface area contributed by atoms with E-state index in [2.05, 4.69) is 5.32 Å². The van der Waals surface area contributed by atoms with E-state index in [-0.39, 0.29) is 25.3 Å². The summed E-state index contributed by atoms with van der Waals surface area (Å²) >= 11 is 1.74. The van der Waals surface area contributed by atoms with Crippen LogP contribution in [0.5, 0.6) is 11.5 Å². The van der Waals surface area contributed by atoms with Crippen molar-refractivity contribution in [3.05, 3.63) is 53.3 Å². The summed E-state index contributed by atoms with van der Waals surface area (Å²) in [6.45, 7) is 1.25. The van der Waals surface area contributed by atoms with E-state index < -0.39 is 6.10 Å². The van der Waals surface area contributed by atoms with Crippen LogP contribution in [-0.4, -0.2) is 36.9 Å². The second-order valence-corrected chi connectivity index (χ2v) is 7.77. The third kappa shape index (κ3) is 4.55. The Morgan fingerprint density at radius 2 is 2.11 bits per heavy atom. The van der Waals surface area contributed by atoms with Crippen LogP contribution in [0.15, 0.2) is 41.3 Å². The fourth-order valence-electron chi connectivity index (χ4n) is 3.26. The fraction of sp³-hybridized carbons (Fsp3) is 0.400. The number of nitrogens with one attached hydrogen (secondary N) is 1. The van der Waals surface area contributed by atoms with Gasteiger partial charge in [-0.2, -0.15) is 0 Å². The van der Waals surface area contributed by atoms with Crippen LogP contribution in [0.25, 0.3) is 0 Å². The Kier molecular flexibility index (Phi) is 5.83. The Hall–Kier alpha value is -1.80. The number of fused-ring (bicyclic) bond motifs is 2. The van der Waals surface area contributed by atoms with E-state index in [4.69, 9.17) is 14.2 Å². The van der Waals surface area contributed by atoms with Gasteiger partial charge in [0.2, 0.25) is 6.79 Å². The molecule has 2 aliphatic heterocycles. The molecule has 2 aromatic carbocycles. The van der Waals surface area contributed by atoms with Crippen LogP contribution in [0.4, 0.5) is 4.39 Å². The van der Waals surface area contributed by atoms with Crippen molar-refractivity contribution in [2.75, 3.05) is 25.7 Å². The van der Waals surface area contributed by atoms with Gasteiger partial charge in [0.15, 0.2) is 11.5 Å². The lowest BCUT2D eigenvalue weighted by Gasteiger charge is -2.27. The molecule has 0 saturated heterocycles. The normalized spacial score (nSPS) is 19.0. The first-order chi connectivity index (χ1) is 13.2. The molecule has 0 amide bonds. The molecule has 2 aromatic rings. The molecule has 0 saturated carbocycles. The molecule has 2 N–H and O–H groups in total. The zero-order valence-corrected chi connectivity index (χ0v) is 15.6. The van der Waals surface area contributed by atoms with Crippen molar-refractivity contribution in [3.63, 3.8) is 0 Å². The molecule has 0 aliphatic carbocycles. The van der Waals surface area contributed by atoms with Gasteiger partial charge < -0.3 is 24.6 Å². The van der Waals surface area contributed by atoms with E-state index in [1.165, 1.54) is 6.07 Å². The first-order valence-corrected chi connectivity index (χ1v) is 9.97. The summed E-state index contributed by atoms with van der Waals surface area (Å²) in [5.74, 6) is 2.22. The van der Waals surface area contributed by atoms with Crippen LogP contribution < -0.4 is 14.8 Å². The highest BCUT2D eigenvalue weighted by atomic mass is 32.2. The molecule has 0 spiro atoms. The largest absolute Gasteiger partial charge is 0.454 e. The van der Waals surface area contributed by atoms with Gasteiger partial charge in [-0.25, -0.2) is 4.39 Å². The maximum Gasteiger partial charge on any atom is 0.231 e. The highest BCUT2D eigenvalue weighted by molar-refractivity contribution is 7.99. The summed E-state index contributed by atoms with van der Waals surface area (Å²) in [5, 5.41) is 13.5. The summed E-state index contributed by atoms with van der Waals surface area (Å²) in [6, 6.07) is 10.6. The number of hydrogen-bond donors (Lipinski definition) is 2. The van der Waals surface area contributed by atoms with Gasteiger partial charge in [0.1, 0.15) is 5.82 Å². The lowest BCUT2D eigenvalue weighted by Crippen LogP contribution is -2.34. The maximum absolute atomic E-state index is 13.6. The van der Waals surface area contributed by atoms with Crippen molar-refractivity contribution in [2.45, 2.75) is 30.1 Å². The zero-order valence-electron chi connectivity index (χ0n) is 14.8. The lowest BCUT2D eigenvalue weighted by atomic mass is 10.0. The first kappa shape index (κ1) is 18.6. The molecular weight excluding hydrogens is 369 g/mol. The minimum atomic E-state index is -0.634. The highest BCUT2D eigenvalue weighted by Gasteiger charge is 2.21. The van der Waals surface area contributed by atoms with Gasteiger partial charge in [-0.05, 0) is 53.6 Å². The molecule has 5 nitrogen and oxygen atoms in total. The smallest absolute Gasteiger partial charge is 0.231 e. The highest BCUT2D eigenvalue weighted by Crippen LogP contribution is 2.36. The molecule has 0 fully saturated rings. The van der Waals surface area contributed by atoms with Crippen molar-refractivity contribution in [1.82, 2.24) is 5.32 Å². The summed E-state index contributed by atoms with van der Waals surface area (Å²) in [4.78, 5) is 1.11. The van der Waals surface area contributed by atoms with Crippen molar-refractivity contribution >= 4 is 11.8 Å².